The standard InChI is InChI=1S/C9H14BO7P/c1-4-15-8-7(17-18(11,12)14-3)6(5-13-2)16-9(8)10/h1,6-9H,5H2,2-3H3,(H,11,12)/t6-,7+,8?,9-/m1/s1. The molecule has 0 bridgehead atoms. The van der Waals surface area contributed by atoms with Gasteiger partial charge >= 0.3 is 7.82 Å². The fourth-order valence-corrected chi connectivity index (χ4v) is 2.24. The average molecular weight is 276 g/mol. The molecule has 2 radical (unpaired) electrons. The highest BCUT2D eigenvalue weighted by atomic mass is 31.2. The zero-order valence-electron chi connectivity index (χ0n) is 10.0. The van der Waals surface area contributed by atoms with Crippen molar-refractivity contribution in [2.45, 2.75) is 24.3 Å². The molecule has 0 aromatic heterocycles. The molecule has 9 heteroatoms. The van der Waals surface area contributed by atoms with Crippen molar-refractivity contribution in [1.82, 2.24) is 0 Å². The number of hydrogen-bond donors (Lipinski definition) is 1. The summed E-state index contributed by atoms with van der Waals surface area (Å²) in [5.41, 5.74) is 0. The number of terminal acetylenes is 1. The average Bonchev–Trinajstić information content (AvgIpc) is 2.58. The van der Waals surface area contributed by atoms with E-state index in [2.05, 4.69) is 4.52 Å². The second kappa shape index (κ2) is 6.57. The van der Waals surface area contributed by atoms with Crippen molar-refractivity contribution < 1.29 is 32.7 Å². The maximum atomic E-state index is 11.4. The Morgan fingerprint density at radius 3 is 2.67 bits per heavy atom. The van der Waals surface area contributed by atoms with Crippen molar-refractivity contribution in [3.63, 3.8) is 0 Å². The van der Waals surface area contributed by atoms with E-state index < -0.39 is 32.1 Å². The Morgan fingerprint density at radius 2 is 2.17 bits per heavy atom. The van der Waals surface area contributed by atoms with Crippen LogP contribution in [0.3, 0.4) is 0 Å². The number of methoxy groups -OCH3 is 1. The van der Waals surface area contributed by atoms with E-state index in [1.165, 1.54) is 7.11 Å². The SMILES string of the molecule is [B][C@@H]1O[C@H](COC)[C@H](OP(=O)(O)OC)C1OC#C. The number of phosphoric acid groups is 1. The third-order valence-corrected chi connectivity index (χ3v) is 3.34. The zero-order valence-corrected chi connectivity index (χ0v) is 10.9. The second-order valence-corrected chi connectivity index (χ2v) is 5.03. The Morgan fingerprint density at radius 1 is 1.50 bits per heavy atom. The van der Waals surface area contributed by atoms with Gasteiger partial charge in [-0.25, -0.2) is 4.57 Å². The lowest BCUT2D eigenvalue weighted by molar-refractivity contribution is -0.0221. The molecule has 1 heterocycles. The zero-order chi connectivity index (χ0) is 13.8. The molecule has 0 aromatic rings. The van der Waals surface area contributed by atoms with Gasteiger partial charge in [0.2, 0.25) is 0 Å². The van der Waals surface area contributed by atoms with E-state index in [0.29, 0.717) is 0 Å². The largest absolute Gasteiger partial charge is 0.472 e. The quantitative estimate of drug-likeness (QED) is 0.402. The third-order valence-electron chi connectivity index (χ3n) is 2.37. The lowest BCUT2D eigenvalue weighted by atomic mass is 9.93. The molecule has 2 unspecified atom stereocenters. The summed E-state index contributed by atoms with van der Waals surface area (Å²) in [4.78, 5) is 9.31. The van der Waals surface area contributed by atoms with Crippen LogP contribution in [-0.4, -0.2) is 57.9 Å². The monoisotopic (exact) mass is 276 g/mol. The van der Waals surface area contributed by atoms with Crippen LogP contribution in [0, 0.1) is 12.5 Å². The van der Waals surface area contributed by atoms with Crippen LogP contribution in [0.1, 0.15) is 0 Å². The van der Waals surface area contributed by atoms with Gasteiger partial charge in [0.15, 0.2) is 6.10 Å². The molecule has 1 rings (SSSR count). The van der Waals surface area contributed by atoms with Gasteiger partial charge in [-0.05, 0) is 0 Å². The summed E-state index contributed by atoms with van der Waals surface area (Å²) in [7, 11) is 3.92. The van der Waals surface area contributed by atoms with Gasteiger partial charge in [0.05, 0.1) is 12.6 Å². The molecule has 18 heavy (non-hydrogen) atoms. The van der Waals surface area contributed by atoms with E-state index in [-0.39, 0.29) is 6.61 Å². The Bertz CT molecular complexity index is 357. The van der Waals surface area contributed by atoms with Crippen LogP contribution in [0.15, 0.2) is 0 Å². The molecular weight excluding hydrogens is 262 g/mol. The molecule has 0 aromatic carbocycles. The molecule has 100 valence electrons. The Kier molecular flexibility index (Phi) is 5.66. The molecule has 1 aliphatic rings. The molecule has 1 saturated heterocycles. The minimum atomic E-state index is -4.21. The Labute approximate surface area is 107 Å². The maximum Gasteiger partial charge on any atom is 0.472 e. The van der Waals surface area contributed by atoms with Gasteiger partial charge in [-0.2, -0.15) is 0 Å². The van der Waals surface area contributed by atoms with E-state index in [1.807, 2.05) is 6.11 Å². The van der Waals surface area contributed by atoms with Crippen LogP contribution in [0.25, 0.3) is 0 Å². The van der Waals surface area contributed by atoms with E-state index in [1.54, 1.807) is 0 Å². The summed E-state index contributed by atoms with van der Waals surface area (Å²) >= 11 is 0. The number of phosphoric ester groups is 1. The third kappa shape index (κ3) is 3.72. The van der Waals surface area contributed by atoms with Crippen LogP contribution < -0.4 is 0 Å². The van der Waals surface area contributed by atoms with Gasteiger partial charge in [0, 0.05) is 14.2 Å². The number of hydrogen-bond acceptors (Lipinski definition) is 6. The highest BCUT2D eigenvalue weighted by Gasteiger charge is 2.47. The van der Waals surface area contributed by atoms with E-state index in [4.69, 9.17) is 33.0 Å². The van der Waals surface area contributed by atoms with Crippen molar-refractivity contribution in [2.24, 2.45) is 0 Å². The molecule has 1 N–H and O–H groups in total. The first kappa shape index (κ1) is 15.5. The molecule has 0 saturated carbocycles. The summed E-state index contributed by atoms with van der Waals surface area (Å²) in [6.45, 7) is 0.104. The molecule has 1 aliphatic heterocycles. The molecule has 0 amide bonds. The van der Waals surface area contributed by atoms with Crippen LogP contribution in [0.5, 0.6) is 0 Å². The molecule has 0 aliphatic carbocycles. The highest BCUT2D eigenvalue weighted by molar-refractivity contribution is 7.47. The summed E-state index contributed by atoms with van der Waals surface area (Å²) in [6.07, 6.45) is 4.43. The van der Waals surface area contributed by atoms with Gasteiger partial charge in [0.25, 0.3) is 0 Å². The smallest absolute Gasteiger partial charge is 0.439 e. The first-order valence-corrected chi connectivity index (χ1v) is 6.53. The lowest BCUT2D eigenvalue weighted by Crippen LogP contribution is -2.37. The molecule has 7 nitrogen and oxygen atoms in total. The molecule has 5 atom stereocenters. The van der Waals surface area contributed by atoms with Crippen LogP contribution in [0.2, 0.25) is 0 Å². The van der Waals surface area contributed by atoms with E-state index in [9.17, 15) is 9.46 Å². The fraction of sp³-hybridized carbons (Fsp3) is 0.778. The Balaban J connectivity index is 2.83. The van der Waals surface area contributed by atoms with E-state index >= 15 is 0 Å². The predicted octanol–water partition coefficient (Wildman–Crippen LogP) is -0.366. The first-order valence-electron chi connectivity index (χ1n) is 5.03. The minimum Gasteiger partial charge on any atom is -0.439 e. The molecule has 0 spiro atoms. The van der Waals surface area contributed by atoms with Crippen molar-refractivity contribution in [2.75, 3.05) is 20.8 Å². The van der Waals surface area contributed by atoms with Crippen molar-refractivity contribution in [3.05, 3.63) is 0 Å². The minimum absolute atomic E-state index is 0.104. The van der Waals surface area contributed by atoms with Crippen LogP contribution in [-0.2, 0) is 27.8 Å². The predicted molar refractivity (Wildman–Crippen MR) is 61.7 cm³/mol. The van der Waals surface area contributed by atoms with E-state index in [0.717, 1.165) is 7.11 Å². The summed E-state index contributed by atoms with van der Waals surface area (Å²) in [5.74, 6) is 0. The van der Waals surface area contributed by atoms with Gasteiger partial charge in [-0.3, -0.25) is 9.05 Å². The van der Waals surface area contributed by atoms with Gasteiger partial charge in [0.1, 0.15) is 26.2 Å². The second-order valence-electron chi connectivity index (χ2n) is 3.52. The first-order chi connectivity index (χ1) is 8.45. The summed E-state index contributed by atoms with van der Waals surface area (Å²) < 4.78 is 35.8. The number of ether oxygens (including phenoxy) is 3. The normalized spacial score (nSPS) is 34.8. The van der Waals surface area contributed by atoms with Crippen LogP contribution >= 0.6 is 7.82 Å². The summed E-state index contributed by atoms with van der Waals surface area (Å²) in [5, 5.41) is 0. The number of rotatable bonds is 6. The van der Waals surface area contributed by atoms with Gasteiger partial charge in [-0.15, -0.1) is 0 Å². The fourth-order valence-electron chi connectivity index (χ4n) is 1.59. The Hall–Kier alpha value is -0.545. The molecular formula is C9H14BO7P. The lowest BCUT2D eigenvalue weighted by Gasteiger charge is -2.23. The van der Waals surface area contributed by atoms with Crippen molar-refractivity contribution in [3.8, 4) is 12.5 Å². The topological polar surface area (TPSA) is 83.5 Å². The van der Waals surface area contributed by atoms with Gasteiger partial charge in [-0.1, -0.05) is 6.42 Å². The van der Waals surface area contributed by atoms with Crippen LogP contribution in [0.4, 0.5) is 0 Å². The maximum absolute atomic E-state index is 11.4. The summed E-state index contributed by atoms with van der Waals surface area (Å²) in [6, 6.07) is -0.886. The van der Waals surface area contributed by atoms with Gasteiger partial charge < -0.3 is 19.1 Å². The highest BCUT2D eigenvalue weighted by Crippen LogP contribution is 2.46. The van der Waals surface area contributed by atoms with Crippen molar-refractivity contribution in [1.29, 1.82) is 0 Å². The van der Waals surface area contributed by atoms with Crippen molar-refractivity contribution >= 4 is 15.7 Å². The molecule has 1 fully saturated rings.